The third-order valence-electron chi connectivity index (χ3n) is 4.33. The third-order valence-corrected chi connectivity index (χ3v) is 4.33. The number of hydrogen-bond donors (Lipinski definition) is 2. The maximum absolute atomic E-state index is 12.0. The van der Waals surface area contributed by atoms with Crippen LogP contribution in [0.4, 0.5) is 0 Å². The molecule has 0 spiro atoms. The van der Waals surface area contributed by atoms with E-state index < -0.39 is 0 Å². The third kappa shape index (κ3) is 4.75. The maximum atomic E-state index is 12.0. The van der Waals surface area contributed by atoms with Gasteiger partial charge in [-0.25, -0.2) is 0 Å². The Morgan fingerprint density at radius 3 is 2.32 bits per heavy atom. The molecule has 0 atom stereocenters. The number of rotatable bonds is 5. The summed E-state index contributed by atoms with van der Waals surface area (Å²) in [5.41, 5.74) is 0. The topological polar surface area (TPSA) is 55.8 Å². The smallest absolute Gasteiger partial charge is 0.224 e. The van der Waals surface area contributed by atoms with Gasteiger partial charge in [0.25, 0.3) is 0 Å². The van der Waals surface area contributed by atoms with Gasteiger partial charge in [-0.3, -0.25) is 14.6 Å². The van der Waals surface area contributed by atoms with Crippen LogP contribution < -0.4 is 5.32 Å². The minimum atomic E-state index is 0.235. The number of carbonyl (C=O) groups is 1. The number of piperazine rings is 1. The van der Waals surface area contributed by atoms with Crippen molar-refractivity contribution in [3.8, 4) is 0 Å². The van der Waals surface area contributed by atoms with E-state index in [1.807, 2.05) is 0 Å². The van der Waals surface area contributed by atoms with E-state index in [2.05, 4.69) is 15.1 Å². The van der Waals surface area contributed by atoms with E-state index in [1.54, 1.807) is 0 Å². The van der Waals surface area contributed by atoms with Crippen LogP contribution in [0.15, 0.2) is 0 Å². The van der Waals surface area contributed by atoms with Crippen molar-refractivity contribution in [2.75, 3.05) is 46.0 Å². The second-order valence-electron chi connectivity index (χ2n) is 5.72. The number of nitrogens with one attached hydrogen (secondary N) is 1. The van der Waals surface area contributed by atoms with Crippen molar-refractivity contribution in [2.45, 2.75) is 32.1 Å². The molecule has 1 heterocycles. The molecular weight excluding hydrogens is 242 g/mol. The molecular formula is C14H27N3O2. The van der Waals surface area contributed by atoms with E-state index in [4.69, 9.17) is 5.11 Å². The molecule has 1 saturated heterocycles. The number of carbonyl (C=O) groups excluding carboxylic acids is 1. The summed E-state index contributed by atoms with van der Waals surface area (Å²) < 4.78 is 0. The number of nitrogens with zero attached hydrogens (tertiary/aromatic N) is 2. The van der Waals surface area contributed by atoms with Gasteiger partial charge in [-0.1, -0.05) is 19.3 Å². The lowest BCUT2D eigenvalue weighted by Crippen LogP contribution is -2.51. The first kappa shape index (κ1) is 14.8. The van der Waals surface area contributed by atoms with Crippen molar-refractivity contribution in [1.29, 1.82) is 0 Å². The molecule has 5 nitrogen and oxygen atoms in total. The zero-order chi connectivity index (χ0) is 13.5. The monoisotopic (exact) mass is 269 g/mol. The number of hydrogen-bond acceptors (Lipinski definition) is 4. The van der Waals surface area contributed by atoms with Crippen LogP contribution >= 0.6 is 0 Å². The van der Waals surface area contributed by atoms with Gasteiger partial charge >= 0.3 is 0 Å². The summed E-state index contributed by atoms with van der Waals surface area (Å²) >= 11 is 0. The highest BCUT2D eigenvalue weighted by atomic mass is 16.3. The Kier molecular flexibility index (Phi) is 6.07. The second kappa shape index (κ2) is 7.82. The van der Waals surface area contributed by atoms with Crippen LogP contribution in [0.3, 0.4) is 0 Å². The van der Waals surface area contributed by atoms with Crippen LogP contribution in [0.5, 0.6) is 0 Å². The van der Waals surface area contributed by atoms with E-state index in [9.17, 15) is 4.79 Å². The van der Waals surface area contributed by atoms with Gasteiger partial charge in [-0.05, 0) is 12.8 Å². The van der Waals surface area contributed by atoms with E-state index in [-0.39, 0.29) is 18.4 Å². The molecule has 110 valence electrons. The highest BCUT2D eigenvalue weighted by Gasteiger charge is 2.22. The molecule has 1 aliphatic carbocycles. The van der Waals surface area contributed by atoms with Crippen LogP contribution in [-0.4, -0.2) is 66.8 Å². The predicted octanol–water partition coefficient (Wildman–Crippen LogP) is 0.250. The van der Waals surface area contributed by atoms with Gasteiger partial charge in [-0.2, -0.15) is 0 Å². The first-order valence-corrected chi connectivity index (χ1v) is 7.63. The number of amides is 1. The predicted molar refractivity (Wildman–Crippen MR) is 74.7 cm³/mol. The number of aliphatic hydroxyl groups is 1. The summed E-state index contributed by atoms with van der Waals surface area (Å²) in [6, 6.07) is 0. The Morgan fingerprint density at radius 1 is 1.05 bits per heavy atom. The number of aliphatic hydroxyl groups excluding tert-OH is 1. The Balaban J connectivity index is 1.61. The van der Waals surface area contributed by atoms with Gasteiger partial charge in [0.15, 0.2) is 0 Å². The van der Waals surface area contributed by atoms with Crippen LogP contribution in [0, 0.1) is 5.92 Å². The normalized spacial score (nSPS) is 23.4. The molecule has 2 rings (SSSR count). The van der Waals surface area contributed by atoms with Crippen molar-refractivity contribution >= 4 is 5.91 Å². The van der Waals surface area contributed by atoms with Gasteiger partial charge in [0.2, 0.25) is 5.91 Å². The Hall–Kier alpha value is -0.650. The average molecular weight is 269 g/mol. The standard InChI is InChI=1S/C14H27N3O2/c18-11-10-16-6-8-17(9-7-16)12-15-14(19)13-4-2-1-3-5-13/h13,18H,1-12H2,(H,15,19). The highest BCUT2D eigenvalue weighted by Crippen LogP contribution is 2.23. The summed E-state index contributed by atoms with van der Waals surface area (Å²) in [6.07, 6.45) is 5.83. The highest BCUT2D eigenvalue weighted by molar-refractivity contribution is 5.78. The fourth-order valence-corrected chi connectivity index (χ4v) is 3.01. The SMILES string of the molecule is O=C(NCN1CCN(CCO)CC1)C1CCCCC1. The summed E-state index contributed by atoms with van der Waals surface area (Å²) in [5.74, 6) is 0.502. The minimum Gasteiger partial charge on any atom is -0.395 e. The van der Waals surface area contributed by atoms with E-state index in [0.717, 1.165) is 45.6 Å². The van der Waals surface area contributed by atoms with Crippen molar-refractivity contribution in [3.05, 3.63) is 0 Å². The molecule has 19 heavy (non-hydrogen) atoms. The first-order valence-electron chi connectivity index (χ1n) is 7.63. The fourth-order valence-electron chi connectivity index (χ4n) is 3.01. The average Bonchev–Trinajstić information content (AvgIpc) is 2.47. The zero-order valence-electron chi connectivity index (χ0n) is 11.8. The molecule has 0 aromatic rings. The molecule has 2 N–H and O–H groups in total. The van der Waals surface area contributed by atoms with Crippen LogP contribution in [-0.2, 0) is 4.79 Å². The van der Waals surface area contributed by atoms with Crippen molar-refractivity contribution in [1.82, 2.24) is 15.1 Å². The molecule has 1 saturated carbocycles. The molecule has 0 aromatic carbocycles. The summed E-state index contributed by atoms with van der Waals surface area (Å²) in [7, 11) is 0. The maximum Gasteiger partial charge on any atom is 0.224 e. The molecule has 0 unspecified atom stereocenters. The largest absolute Gasteiger partial charge is 0.395 e. The number of β-amino-alcohol motifs (C(OH)–C–C–N with tert-alkyl or cyclic N) is 1. The van der Waals surface area contributed by atoms with Crippen LogP contribution in [0.1, 0.15) is 32.1 Å². The van der Waals surface area contributed by atoms with Crippen LogP contribution in [0.2, 0.25) is 0 Å². The first-order chi connectivity index (χ1) is 9.29. The van der Waals surface area contributed by atoms with E-state index >= 15 is 0 Å². The van der Waals surface area contributed by atoms with E-state index in [1.165, 1.54) is 19.3 Å². The lowest BCUT2D eigenvalue weighted by atomic mass is 9.89. The quantitative estimate of drug-likeness (QED) is 0.751. The lowest BCUT2D eigenvalue weighted by Gasteiger charge is -2.34. The molecule has 2 fully saturated rings. The Morgan fingerprint density at radius 2 is 1.68 bits per heavy atom. The van der Waals surface area contributed by atoms with Crippen molar-refractivity contribution in [3.63, 3.8) is 0 Å². The molecule has 0 radical (unpaired) electrons. The van der Waals surface area contributed by atoms with Crippen molar-refractivity contribution < 1.29 is 9.90 Å². The zero-order valence-corrected chi connectivity index (χ0v) is 11.8. The van der Waals surface area contributed by atoms with Crippen molar-refractivity contribution in [2.24, 2.45) is 5.92 Å². The van der Waals surface area contributed by atoms with Crippen LogP contribution in [0.25, 0.3) is 0 Å². The fraction of sp³-hybridized carbons (Fsp3) is 0.929. The molecule has 5 heteroatoms. The van der Waals surface area contributed by atoms with Gasteiger partial charge < -0.3 is 10.4 Å². The van der Waals surface area contributed by atoms with E-state index in [0.29, 0.717) is 6.67 Å². The van der Waals surface area contributed by atoms with Gasteiger partial charge in [0.1, 0.15) is 0 Å². The molecule has 0 bridgehead atoms. The van der Waals surface area contributed by atoms with Gasteiger partial charge in [-0.15, -0.1) is 0 Å². The Bertz CT molecular complexity index is 272. The minimum absolute atomic E-state index is 0.235. The molecule has 2 aliphatic rings. The second-order valence-corrected chi connectivity index (χ2v) is 5.72. The summed E-state index contributed by atoms with van der Waals surface area (Å²) in [6.45, 7) is 5.61. The van der Waals surface area contributed by atoms with Gasteiger partial charge in [0, 0.05) is 38.6 Å². The summed E-state index contributed by atoms with van der Waals surface area (Å²) in [4.78, 5) is 16.6. The molecule has 0 aromatic heterocycles. The molecule has 1 amide bonds. The lowest BCUT2D eigenvalue weighted by molar-refractivity contribution is -0.126. The molecule has 1 aliphatic heterocycles. The van der Waals surface area contributed by atoms with Gasteiger partial charge in [0.05, 0.1) is 13.3 Å². The Labute approximate surface area is 115 Å². The summed E-state index contributed by atoms with van der Waals surface area (Å²) in [5, 5.41) is 12.0.